The van der Waals surface area contributed by atoms with Gasteiger partial charge in [-0.1, -0.05) is 19.9 Å². The molecule has 0 saturated carbocycles. The van der Waals surface area contributed by atoms with Gasteiger partial charge in [-0.05, 0) is 13.8 Å². The standard InChI is InChI=1S/C12H13N2.C2H6/c1-10-8-12(9-11(2)13-10)14-6-4-3-5-7-14;1-2/h3-9H,1-2H3;1-2H3/q+1;. The Morgan fingerprint density at radius 2 is 1.38 bits per heavy atom. The van der Waals surface area contributed by atoms with Crippen LogP contribution in [0, 0.1) is 13.8 Å². The van der Waals surface area contributed by atoms with Gasteiger partial charge in [0.15, 0.2) is 12.4 Å². The predicted octanol–water partition coefficient (Wildman–Crippen LogP) is 3.00. The van der Waals surface area contributed by atoms with Crippen molar-refractivity contribution >= 4 is 0 Å². The molecule has 0 amide bonds. The second-order valence-electron chi connectivity index (χ2n) is 3.39. The van der Waals surface area contributed by atoms with Crippen LogP contribution in [-0.2, 0) is 0 Å². The highest BCUT2D eigenvalue weighted by Gasteiger charge is 2.05. The molecule has 2 aromatic heterocycles. The number of hydrogen-bond donors (Lipinski definition) is 0. The van der Waals surface area contributed by atoms with Gasteiger partial charge < -0.3 is 0 Å². The third-order valence-electron chi connectivity index (χ3n) is 2.08. The molecule has 2 nitrogen and oxygen atoms in total. The zero-order chi connectivity index (χ0) is 12.0. The summed E-state index contributed by atoms with van der Waals surface area (Å²) in [5.41, 5.74) is 3.27. The fourth-order valence-electron chi connectivity index (χ4n) is 1.53. The molecule has 84 valence electrons. The van der Waals surface area contributed by atoms with E-state index in [2.05, 4.69) is 21.7 Å². The minimum Gasteiger partial charge on any atom is -0.258 e. The van der Waals surface area contributed by atoms with E-state index in [1.165, 1.54) is 0 Å². The van der Waals surface area contributed by atoms with Gasteiger partial charge >= 0.3 is 0 Å². The van der Waals surface area contributed by atoms with E-state index in [1.54, 1.807) is 0 Å². The van der Waals surface area contributed by atoms with Crippen molar-refractivity contribution in [3.63, 3.8) is 0 Å². The summed E-state index contributed by atoms with van der Waals surface area (Å²) in [6, 6.07) is 10.2. The first kappa shape index (κ1) is 12.4. The van der Waals surface area contributed by atoms with Crippen LogP contribution in [0.3, 0.4) is 0 Å². The zero-order valence-electron chi connectivity index (χ0n) is 10.4. The van der Waals surface area contributed by atoms with Crippen LogP contribution in [0.4, 0.5) is 0 Å². The molecule has 0 aromatic carbocycles. The second-order valence-corrected chi connectivity index (χ2v) is 3.39. The van der Waals surface area contributed by atoms with Crippen molar-refractivity contribution in [3.05, 3.63) is 54.1 Å². The van der Waals surface area contributed by atoms with Crippen molar-refractivity contribution in [1.82, 2.24) is 4.98 Å². The Kier molecular flexibility index (Phi) is 4.65. The molecular formula is C14H19N2+. The molecule has 2 heterocycles. The van der Waals surface area contributed by atoms with Crippen molar-refractivity contribution in [2.24, 2.45) is 0 Å². The summed E-state index contributed by atoms with van der Waals surface area (Å²) in [5.74, 6) is 0. The van der Waals surface area contributed by atoms with Gasteiger partial charge in [0.25, 0.3) is 0 Å². The summed E-state index contributed by atoms with van der Waals surface area (Å²) in [6.07, 6.45) is 4.07. The molecule has 16 heavy (non-hydrogen) atoms. The fourth-order valence-corrected chi connectivity index (χ4v) is 1.53. The van der Waals surface area contributed by atoms with Crippen molar-refractivity contribution in [1.29, 1.82) is 0 Å². The third-order valence-corrected chi connectivity index (χ3v) is 2.08. The summed E-state index contributed by atoms with van der Waals surface area (Å²) < 4.78 is 2.08. The first-order valence-electron chi connectivity index (χ1n) is 5.68. The molecule has 0 radical (unpaired) electrons. The van der Waals surface area contributed by atoms with Gasteiger partial charge in [0.2, 0.25) is 5.69 Å². The van der Waals surface area contributed by atoms with Crippen molar-refractivity contribution in [2.45, 2.75) is 27.7 Å². The van der Waals surface area contributed by atoms with Crippen molar-refractivity contribution < 1.29 is 4.57 Å². The second kappa shape index (κ2) is 6.01. The average molecular weight is 215 g/mol. The minimum absolute atomic E-state index is 1.05. The van der Waals surface area contributed by atoms with E-state index < -0.39 is 0 Å². The molecule has 0 spiro atoms. The van der Waals surface area contributed by atoms with Gasteiger partial charge in [-0.25, -0.2) is 0 Å². The van der Waals surface area contributed by atoms with E-state index >= 15 is 0 Å². The third kappa shape index (κ3) is 3.16. The van der Waals surface area contributed by atoms with Crippen LogP contribution in [0.2, 0.25) is 0 Å². The summed E-state index contributed by atoms with van der Waals surface area (Å²) in [4.78, 5) is 4.35. The number of rotatable bonds is 1. The SMILES string of the molecule is CC.Cc1cc(-[n+]2ccccc2)cc(C)n1. The molecule has 0 aliphatic carbocycles. The highest BCUT2D eigenvalue weighted by Crippen LogP contribution is 2.03. The van der Waals surface area contributed by atoms with Crippen LogP contribution in [0.25, 0.3) is 5.69 Å². The van der Waals surface area contributed by atoms with Crippen LogP contribution in [0.5, 0.6) is 0 Å². The van der Waals surface area contributed by atoms with Crippen LogP contribution >= 0.6 is 0 Å². The molecule has 0 N–H and O–H groups in total. The van der Waals surface area contributed by atoms with Crippen LogP contribution in [0.1, 0.15) is 25.2 Å². The smallest absolute Gasteiger partial charge is 0.214 e. The summed E-state index contributed by atoms with van der Waals surface area (Å²) in [5, 5.41) is 0. The van der Waals surface area contributed by atoms with E-state index in [0.717, 1.165) is 17.1 Å². The highest BCUT2D eigenvalue weighted by atomic mass is 14.9. The van der Waals surface area contributed by atoms with Crippen LogP contribution < -0.4 is 4.57 Å². The molecule has 2 heteroatoms. The highest BCUT2D eigenvalue weighted by molar-refractivity contribution is 5.26. The van der Waals surface area contributed by atoms with Gasteiger partial charge in [-0.3, -0.25) is 4.98 Å². The number of aryl methyl sites for hydroxylation is 2. The Morgan fingerprint density at radius 3 is 1.88 bits per heavy atom. The van der Waals surface area contributed by atoms with Crippen LogP contribution in [-0.4, -0.2) is 4.98 Å². The van der Waals surface area contributed by atoms with Gasteiger partial charge in [-0.15, -0.1) is 0 Å². The topological polar surface area (TPSA) is 16.8 Å². The molecule has 2 aromatic rings. The molecule has 0 aliphatic rings. The number of aromatic nitrogens is 2. The van der Waals surface area contributed by atoms with Gasteiger partial charge in [0.05, 0.1) is 0 Å². The predicted molar refractivity (Wildman–Crippen MR) is 66.6 cm³/mol. The van der Waals surface area contributed by atoms with E-state index in [0.29, 0.717) is 0 Å². The lowest BCUT2D eigenvalue weighted by atomic mass is 10.2. The van der Waals surface area contributed by atoms with E-state index in [-0.39, 0.29) is 0 Å². The molecule has 0 unspecified atom stereocenters. The van der Waals surface area contributed by atoms with E-state index in [1.807, 2.05) is 58.3 Å². The first-order chi connectivity index (χ1) is 7.75. The Hall–Kier alpha value is -1.70. The lowest BCUT2D eigenvalue weighted by Gasteiger charge is -1.98. The normalized spacial score (nSPS) is 9.25. The summed E-state index contributed by atoms with van der Waals surface area (Å²) in [6.45, 7) is 8.03. The molecule has 2 rings (SSSR count). The Bertz CT molecular complexity index is 415. The summed E-state index contributed by atoms with van der Waals surface area (Å²) >= 11 is 0. The molecule has 0 bridgehead atoms. The number of pyridine rings is 2. The largest absolute Gasteiger partial charge is 0.258 e. The maximum atomic E-state index is 4.35. The van der Waals surface area contributed by atoms with E-state index in [9.17, 15) is 0 Å². The zero-order valence-corrected chi connectivity index (χ0v) is 10.4. The Labute approximate surface area is 97.6 Å². The Balaban J connectivity index is 0.000000606. The van der Waals surface area contributed by atoms with E-state index in [4.69, 9.17) is 0 Å². The number of hydrogen-bond acceptors (Lipinski definition) is 1. The Morgan fingerprint density at radius 1 is 0.875 bits per heavy atom. The monoisotopic (exact) mass is 215 g/mol. The molecule has 0 atom stereocenters. The molecule has 0 aliphatic heterocycles. The fraction of sp³-hybridized carbons (Fsp3) is 0.286. The first-order valence-corrected chi connectivity index (χ1v) is 5.68. The lowest BCUT2D eigenvalue weighted by molar-refractivity contribution is -0.595. The van der Waals surface area contributed by atoms with Gasteiger partial charge in [0, 0.05) is 35.7 Å². The van der Waals surface area contributed by atoms with Gasteiger partial charge in [-0.2, -0.15) is 4.57 Å². The van der Waals surface area contributed by atoms with Crippen LogP contribution in [0.15, 0.2) is 42.7 Å². The minimum atomic E-state index is 1.05. The number of nitrogens with zero attached hydrogens (tertiary/aromatic N) is 2. The lowest BCUT2D eigenvalue weighted by Crippen LogP contribution is -2.29. The van der Waals surface area contributed by atoms with Gasteiger partial charge in [0.1, 0.15) is 0 Å². The molecule has 0 saturated heterocycles. The maximum Gasteiger partial charge on any atom is 0.214 e. The quantitative estimate of drug-likeness (QED) is 0.668. The summed E-state index contributed by atoms with van der Waals surface area (Å²) in [7, 11) is 0. The maximum absolute atomic E-state index is 4.35. The van der Waals surface area contributed by atoms with Crippen molar-refractivity contribution in [2.75, 3.05) is 0 Å². The average Bonchev–Trinajstić information content (AvgIpc) is 2.32. The van der Waals surface area contributed by atoms with Crippen molar-refractivity contribution in [3.8, 4) is 5.69 Å². The molecule has 0 fully saturated rings. The molecular weight excluding hydrogens is 196 g/mol.